The van der Waals surface area contributed by atoms with Gasteiger partial charge in [-0.1, -0.05) is 28.1 Å². The van der Waals surface area contributed by atoms with Gasteiger partial charge in [0.15, 0.2) is 0 Å². The number of aliphatic hydroxyl groups excluding tert-OH is 1. The molecule has 5 heteroatoms. The van der Waals surface area contributed by atoms with Gasteiger partial charge in [-0.15, -0.1) is 0 Å². The summed E-state index contributed by atoms with van der Waals surface area (Å²) < 4.78 is 5.11. The molecule has 0 unspecified atom stereocenters. The zero-order valence-electron chi connectivity index (χ0n) is 10.7. The van der Waals surface area contributed by atoms with Gasteiger partial charge in [0.1, 0.15) is 6.61 Å². The largest absolute Gasteiger partial charge is 0.392 e. The number of morpholine rings is 1. The quantitative estimate of drug-likeness (QED) is 0.838. The molecule has 1 N–H and O–H groups in total. The number of carbonyl (C=O) groups is 1. The molecule has 1 fully saturated rings. The van der Waals surface area contributed by atoms with E-state index in [0.29, 0.717) is 18.5 Å². The predicted molar refractivity (Wildman–Crippen MR) is 77.7 cm³/mol. The molecule has 4 nitrogen and oxygen atoms in total. The number of ether oxygens (including phenoxy) is 1. The van der Waals surface area contributed by atoms with E-state index in [2.05, 4.69) is 15.9 Å². The first-order valence-electron chi connectivity index (χ1n) is 6.42. The fourth-order valence-corrected chi connectivity index (χ4v) is 2.37. The molecule has 104 valence electrons. The van der Waals surface area contributed by atoms with Gasteiger partial charge >= 0.3 is 0 Å². The van der Waals surface area contributed by atoms with Gasteiger partial charge < -0.3 is 14.7 Å². The summed E-state index contributed by atoms with van der Waals surface area (Å²) >= 11 is 3.25. The molecule has 1 aromatic rings. The van der Waals surface area contributed by atoms with Gasteiger partial charge in [0.25, 0.3) is 5.91 Å². The summed E-state index contributed by atoms with van der Waals surface area (Å²) in [7, 11) is 0. The molecule has 0 aromatic heterocycles. The second-order valence-electron chi connectivity index (χ2n) is 4.61. The van der Waals surface area contributed by atoms with Crippen LogP contribution in [0, 0.1) is 0 Å². The number of rotatable bonds is 5. The van der Waals surface area contributed by atoms with Gasteiger partial charge in [-0.05, 0) is 30.5 Å². The van der Waals surface area contributed by atoms with Gasteiger partial charge in [-0.25, -0.2) is 0 Å². The second kappa shape index (κ2) is 7.03. The number of nitrogens with zero attached hydrogens (tertiary/aromatic N) is 1. The molecule has 1 heterocycles. The second-order valence-corrected chi connectivity index (χ2v) is 5.26. The van der Waals surface area contributed by atoms with Crippen LogP contribution in [0.25, 0.3) is 0 Å². The molecule has 1 saturated heterocycles. The van der Waals surface area contributed by atoms with Crippen LogP contribution >= 0.6 is 15.9 Å². The molecule has 1 aromatic carbocycles. The number of halogens is 1. The van der Waals surface area contributed by atoms with Crippen LogP contribution in [0.2, 0.25) is 0 Å². The Labute approximate surface area is 121 Å². The summed E-state index contributed by atoms with van der Waals surface area (Å²) in [6, 6.07) is 7.94. The first-order valence-corrected chi connectivity index (χ1v) is 7.54. The summed E-state index contributed by atoms with van der Waals surface area (Å²) in [5.41, 5.74) is 2.09. The molecular formula is C14H18BrNO3. The van der Waals surface area contributed by atoms with E-state index in [1.165, 1.54) is 5.56 Å². The molecule has 2 rings (SSSR count). The van der Waals surface area contributed by atoms with E-state index < -0.39 is 0 Å². The van der Waals surface area contributed by atoms with Crippen LogP contribution in [0.15, 0.2) is 24.3 Å². The highest BCUT2D eigenvalue weighted by atomic mass is 79.9. The molecule has 0 spiro atoms. The number of benzene rings is 1. The number of aryl methyl sites for hydroxylation is 1. The minimum absolute atomic E-state index is 0.00807. The van der Waals surface area contributed by atoms with Crippen LogP contribution in [0.3, 0.4) is 0 Å². The van der Waals surface area contributed by atoms with E-state index in [4.69, 9.17) is 4.74 Å². The van der Waals surface area contributed by atoms with Crippen LogP contribution in [-0.2, 0) is 16.0 Å². The van der Waals surface area contributed by atoms with Crippen LogP contribution in [0.4, 0.5) is 5.69 Å². The zero-order valence-corrected chi connectivity index (χ0v) is 12.3. The normalized spacial score (nSPS) is 17.6. The van der Waals surface area contributed by atoms with E-state index in [-0.39, 0.29) is 18.6 Å². The molecule has 1 amide bonds. The van der Waals surface area contributed by atoms with E-state index in [1.54, 1.807) is 4.90 Å². The number of alkyl halides is 1. The van der Waals surface area contributed by atoms with Gasteiger partial charge in [0, 0.05) is 17.6 Å². The Balaban J connectivity index is 1.95. The highest BCUT2D eigenvalue weighted by Crippen LogP contribution is 2.18. The zero-order chi connectivity index (χ0) is 13.7. The number of hydrogen-bond donors (Lipinski definition) is 1. The third-order valence-electron chi connectivity index (χ3n) is 3.18. The van der Waals surface area contributed by atoms with Gasteiger partial charge in [-0.3, -0.25) is 4.79 Å². The molecule has 1 aliphatic heterocycles. The van der Waals surface area contributed by atoms with Crippen LogP contribution in [0.1, 0.15) is 12.0 Å². The standard InChI is InChI=1S/C14H18BrNO3/c15-9-13(17)6-3-11-1-4-12(5-2-11)16-7-8-19-10-14(16)18/h1-2,4-5,13,17H,3,6-10H2/t13-/m1/s1. The number of anilines is 1. The maximum Gasteiger partial charge on any atom is 0.253 e. The monoisotopic (exact) mass is 327 g/mol. The van der Waals surface area contributed by atoms with Crippen molar-refractivity contribution in [1.29, 1.82) is 0 Å². The van der Waals surface area contributed by atoms with E-state index in [9.17, 15) is 9.90 Å². The fraction of sp³-hybridized carbons (Fsp3) is 0.500. The molecular weight excluding hydrogens is 310 g/mol. The maximum absolute atomic E-state index is 11.7. The van der Waals surface area contributed by atoms with Gasteiger partial charge in [0.05, 0.1) is 12.7 Å². The van der Waals surface area contributed by atoms with Crippen molar-refractivity contribution in [3.63, 3.8) is 0 Å². The number of amides is 1. The lowest BCUT2D eigenvalue weighted by atomic mass is 10.1. The lowest BCUT2D eigenvalue weighted by molar-refractivity contribution is -0.125. The smallest absolute Gasteiger partial charge is 0.253 e. The Hall–Kier alpha value is -0.910. The van der Waals surface area contributed by atoms with Crippen LogP contribution in [0.5, 0.6) is 0 Å². The molecule has 0 aliphatic carbocycles. The lowest BCUT2D eigenvalue weighted by Gasteiger charge is -2.26. The Morgan fingerprint density at radius 1 is 1.37 bits per heavy atom. The Morgan fingerprint density at radius 2 is 2.11 bits per heavy atom. The Kier molecular flexibility index (Phi) is 5.36. The van der Waals surface area contributed by atoms with Crippen molar-refractivity contribution in [3.05, 3.63) is 29.8 Å². The first-order chi connectivity index (χ1) is 9.20. The molecule has 1 atom stereocenters. The maximum atomic E-state index is 11.7. The highest BCUT2D eigenvalue weighted by molar-refractivity contribution is 9.09. The van der Waals surface area contributed by atoms with Crippen molar-refractivity contribution in [2.24, 2.45) is 0 Å². The summed E-state index contributed by atoms with van der Waals surface area (Å²) in [4.78, 5) is 13.4. The Morgan fingerprint density at radius 3 is 2.74 bits per heavy atom. The van der Waals surface area contributed by atoms with Crippen LogP contribution < -0.4 is 4.90 Å². The van der Waals surface area contributed by atoms with Crippen molar-refractivity contribution in [2.75, 3.05) is 30.0 Å². The predicted octanol–water partition coefficient (Wildman–Crippen LogP) is 1.74. The summed E-state index contributed by atoms with van der Waals surface area (Å²) in [6.07, 6.45) is 1.27. The molecule has 19 heavy (non-hydrogen) atoms. The van der Waals surface area contributed by atoms with E-state index in [0.717, 1.165) is 18.5 Å². The average Bonchev–Trinajstić information content (AvgIpc) is 2.46. The third kappa shape index (κ3) is 4.03. The van der Waals surface area contributed by atoms with E-state index >= 15 is 0 Å². The van der Waals surface area contributed by atoms with Gasteiger partial charge in [-0.2, -0.15) is 0 Å². The highest BCUT2D eigenvalue weighted by Gasteiger charge is 2.19. The number of aliphatic hydroxyl groups is 1. The van der Waals surface area contributed by atoms with E-state index in [1.807, 2.05) is 24.3 Å². The molecule has 0 radical (unpaired) electrons. The van der Waals surface area contributed by atoms with Crippen molar-refractivity contribution < 1.29 is 14.6 Å². The SMILES string of the molecule is O=C1COCCN1c1ccc(CC[C@@H](O)CBr)cc1. The molecule has 0 bridgehead atoms. The fourth-order valence-electron chi connectivity index (χ4n) is 2.04. The molecule has 1 aliphatic rings. The first kappa shape index (κ1) is 14.5. The number of hydrogen-bond acceptors (Lipinski definition) is 3. The molecule has 0 saturated carbocycles. The number of carbonyl (C=O) groups excluding carboxylic acids is 1. The van der Waals surface area contributed by atoms with Crippen molar-refractivity contribution in [2.45, 2.75) is 18.9 Å². The minimum Gasteiger partial charge on any atom is -0.392 e. The van der Waals surface area contributed by atoms with Crippen molar-refractivity contribution in [3.8, 4) is 0 Å². The topological polar surface area (TPSA) is 49.8 Å². The average molecular weight is 328 g/mol. The Bertz CT molecular complexity index is 421. The minimum atomic E-state index is -0.305. The van der Waals surface area contributed by atoms with Crippen LogP contribution in [-0.4, -0.2) is 42.2 Å². The summed E-state index contributed by atoms with van der Waals surface area (Å²) in [5, 5.41) is 10.1. The van der Waals surface area contributed by atoms with Crippen molar-refractivity contribution in [1.82, 2.24) is 0 Å². The third-order valence-corrected chi connectivity index (χ3v) is 3.93. The summed E-state index contributed by atoms with van der Waals surface area (Å²) in [5.74, 6) is 0.00807. The lowest BCUT2D eigenvalue weighted by Crippen LogP contribution is -2.41. The van der Waals surface area contributed by atoms with Gasteiger partial charge in [0.2, 0.25) is 0 Å². The van der Waals surface area contributed by atoms with Crippen molar-refractivity contribution >= 4 is 27.5 Å². The summed E-state index contributed by atoms with van der Waals surface area (Å²) in [6.45, 7) is 1.37.